The van der Waals surface area contributed by atoms with Crippen LogP contribution in [0.3, 0.4) is 0 Å². The summed E-state index contributed by atoms with van der Waals surface area (Å²) in [5.74, 6) is 6.95. The molecule has 0 heterocycles. The van der Waals surface area contributed by atoms with Crippen LogP contribution in [0, 0.1) is 30.1 Å². The molecule has 2 rings (SSSR count). The summed E-state index contributed by atoms with van der Waals surface area (Å²) >= 11 is 5.56. The zero-order valence-electron chi connectivity index (χ0n) is 11.7. The Bertz CT molecular complexity index is 735. The van der Waals surface area contributed by atoms with Crippen LogP contribution in [0.15, 0.2) is 42.5 Å². The van der Waals surface area contributed by atoms with Gasteiger partial charge in [-0.2, -0.15) is 5.26 Å². The second-order valence-corrected chi connectivity index (χ2v) is 4.78. The fourth-order valence-corrected chi connectivity index (χ4v) is 1.96. The van der Waals surface area contributed by atoms with Crippen LogP contribution < -0.4 is 4.74 Å². The fourth-order valence-electron chi connectivity index (χ4n) is 1.89. The summed E-state index contributed by atoms with van der Waals surface area (Å²) in [6.45, 7) is 2.42. The summed E-state index contributed by atoms with van der Waals surface area (Å²) < 4.78 is 5.75. The first-order valence-corrected chi connectivity index (χ1v) is 7.03. The Kier molecular flexibility index (Phi) is 5.27. The Labute approximate surface area is 129 Å². The number of nitriles is 1. The number of hydrogen-bond acceptors (Lipinski definition) is 2. The normalized spacial score (nSPS) is 9.38. The highest BCUT2D eigenvalue weighted by Gasteiger charge is 2.01. The Morgan fingerprint density at radius 3 is 2.76 bits per heavy atom. The van der Waals surface area contributed by atoms with Crippen molar-refractivity contribution < 1.29 is 4.74 Å². The van der Waals surface area contributed by atoms with E-state index in [1.807, 2.05) is 43.3 Å². The summed E-state index contributed by atoms with van der Waals surface area (Å²) in [6.07, 6.45) is 0. The second-order valence-electron chi connectivity index (χ2n) is 4.51. The average Bonchev–Trinajstić information content (AvgIpc) is 2.52. The standard InChI is InChI=1S/C18H14ClNO/c1-14-10-18(8-7-17(14)6-3-9-19)21-13-16-5-2-4-15(11-16)12-20/h2,4-5,7-8,10-11H,9,13H2,1H3. The number of aryl methyl sites for hydroxylation is 1. The largest absolute Gasteiger partial charge is 0.489 e. The van der Waals surface area contributed by atoms with Crippen molar-refractivity contribution in [3.63, 3.8) is 0 Å². The quantitative estimate of drug-likeness (QED) is 0.632. The van der Waals surface area contributed by atoms with Gasteiger partial charge in [-0.1, -0.05) is 24.0 Å². The Hall–Kier alpha value is -2.42. The van der Waals surface area contributed by atoms with Crippen molar-refractivity contribution in [1.29, 1.82) is 5.26 Å². The van der Waals surface area contributed by atoms with Gasteiger partial charge in [-0.3, -0.25) is 0 Å². The number of hydrogen-bond donors (Lipinski definition) is 0. The van der Waals surface area contributed by atoms with E-state index in [9.17, 15) is 0 Å². The third-order valence-corrected chi connectivity index (χ3v) is 3.08. The van der Waals surface area contributed by atoms with Crippen molar-refractivity contribution in [1.82, 2.24) is 0 Å². The van der Waals surface area contributed by atoms with Crippen LogP contribution in [-0.2, 0) is 6.61 Å². The van der Waals surface area contributed by atoms with E-state index < -0.39 is 0 Å². The molecule has 2 aromatic carbocycles. The maximum absolute atomic E-state index is 8.87. The number of nitrogens with zero attached hydrogens (tertiary/aromatic N) is 1. The van der Waals surface area contributed by atoms with Gasteiger partial charge in [-0.15, -0.1) is 11.6 Å². The molecule has 0 aliphatic rings. The molecule has 0 radical (unpaired) electrons. The Morgan fingerprint density at radius 2 is 2.05 bits per heavy atom. The van der Waals surface area contributed by atoms with E-state index >= 15 is 0 Å². The minimum atomic E-state index is 0.326. The Balaban J connectivity index is 2.07. The molecule has 0 atom stereocenters. The zero-order valence-corrected chi connectivity index (χ0v) is 12.4. The first-order valence-electron chi connectivity index (χ1n) is 6.50. The number of ether oxygens (including phenoxy) is 1. The van der Waals surface area contributed by atoms with Crippen LogP contribution in [0.5, 0.6) is 5.75 Å². The molecule has 104 valence electrons. The molecule has 0 unspecified atom stereocenters. The van der Waals surface area contributed by atoms with Gasteiger partial charge in [0.25, 0.3) is 0 Å². The molecule has 0 amide bonds. The molecule has 21 heavy (non-hydrogen) atoms. The third-order valence-electron chi connectivity index (χ3n) is 2.95. The summed E-state index contributed by atoms with van der Waals surface area (Å²) in [6, 6.07) is 15.3. The number of benzene rings is 2. The summed E-state index contributed by atoms with van der Waals surface area (Å²) in [7, 11) is 0. The van der Waals surface area contributed by atoms with Crippen LogP contribution in [-0.4, -0.2) is 5.88 Å². The van der Waals surface area contributed by atoms with Gasteiger partial charge in [0.05, 0.1) is 17.5 Å². The maximum Gasteiger partial charge on any atom is 0.120 e. The van der Waals surface area contributed by atoms with Gasteiger partial charge in [-0.25, -0.2) is 0 Å². The van der Waals surface area contributed by atoms with Gasteiger partial charge in [0.15, 0.2) is 0 Å². The molecule has 2 nitrogen and oxygen atoms in total. The maximum atomic E-state index is 8.87. The lowest BCUT2D eigenvalue weighted by Crippen LogP contribution is -1.96. The molecule has 0 saturated carbocycles. The molecule has 0 spiro atoms. The van der Waals surface area contributed by atoms with Crippen molar-refractivity contribution in [2.45, 2.75) is 13.5 Å². The molecule has 0 aliphatic carbocycles. The number of alkyl halides is 1. The minimum Gasteiger partial charge on any atom is -0.489 e. The van der Waals surface area contributed by atoms with Crippen LogP contribution >= 0.6 is 11.6 Å². The topological polar surface area (TPSA) is 33.0 Å². The highest BCUT2D eigenvalue weighted by atomic mass is 35.5. The average molecular weight is 296 g/mol. The first-order chi connectivity index (χ1) is 10.2. The lowest BCUT2D eigenvalue weighted by atomic mass is 10.1. The van der Waals surface area contributed by atoms with E-state index in [2.05, 4.69) is 17.9 Å². The molecule has 2 aromatic rings. The molecule has 3 heteroatoms. The van der Waals surface area contributed by atoms with Gasteiger partial charge >= 0.3 is 0 Å². The van der Waals surface area contributed by atoms with Gasteiger partial charge in [0.1, 0.15) is 12.4 Å². The molecule has 0 N–H and O–H groups in total. The predicted molar refractivity (Wildman–Crippen MR) is 84.3 cm³/mol. The summed E-state index contributed by atoms with van der Waals surface area (Å²) in [5, 5.41) is 8.87. The van der Waals surface area contributed by atoms with Crippen molar-refractivity contribution in [3.8, 4) is 23.7 Å². The van der Waals surface area contributed by atoms with Crippen LogP contribution in [0.2, 0.25) is 0 Å². The van der Waals surface area contributed by atoms with E-state index in [0.717, 1.165) is 22.4 Å². The molecule has 0 fully saturated rings. The molecule has 0 aromatic heterocycles. The van der Waals surface area contributed by atoms with Crippen LogP contribution in [0.25, 0.3) is 0 Å². The fraction of sp³-hybridized carbons (Fsp3) is 0.167. The molecule has 0 aliphatic heterocycles. The number of rotatable bonds is 3. The third kappa shape index (κ3) is 4.28. The van der Waals surface area contributed by atoms with Crippen LogP contribution in [0.4, 0.5) is 0 Å². The lowest BCUT2D eigenvalue weighted by molar-refractivity contribution is 0.306. The van der Waals surface area contributed by atoms with Gasteiger partial charge in [-0.05, 0) is 48.4 Å². The van der Waals surface area contributed by atoms with E-state index in [1.165, 1.54) is 0 Å². The molecular weight excluding hydrogens is 282 g/mol. The zero-order chi connectivity index (χ0) is 15.1. The second kappa shape index (κ2) is 7.39. The van der Waals surface area contributed by atoms with Crippen molar-refractivity contribution >= 4 is 11.6 Å². The monoisotopic (exact) mass is 295 g/mol. The SMILES string of the molecule is Cc1cc(OCc2cccc(C#N)c2)ccc1C#CCCl. The highest BCUT2D eigenvalue weighted by molar-refractivity contribution is 6.19. The lowest BCUT2D eigenvalue weighted by Gasteiger charge is -2.08. The first kappa shape index (κ1) is 15.0. The van der Waals surface area contributed by atoms with E-state index in [-0.39, 0.29) is 0 Å². The van der Waals surface area contributed by atoms with Crippen molar-refractivity contribution in [3.05, 3.63) is 64.7 Å². The van der Waals surface area contributed by atoms with E-state index in [1.54, 1.807) is 6.07 Å². The van der Waals surface area contributed by atoms with Gasteiger partial charge in [0, 0.05) is 5.56 Å². The Morgan fingerprint density at radius 1 is 1.19 bits per heavy atom. The van der Waals surface area contributed by atoms with Crippen LogP contribution in [0.1, 0.15) is 22.3 Å². The minimum absolute atomic E-state index is 0.326. The summed E-state index contributed by atoms with van der Waals surface area (Å²) in [5.41, 5.74) is 3.61. The molecular formula is C18H14ClNO. The number of halogens is 1. The molecule has 0 bridgehead atoms. The van der Waals surface area contributed by atoms with Gasteiger partial charge in [0.2, 0.25) is 0 Å². The van der Waals surface area contributed by atoms with E-state index in [0.29, 0.717) is 18.1 Å². The smallest absolute Gasteiger partial charge is 0.120 e. The highest BCUT2D eigenvalue weighted by Crippen LogP contribution is 2.18. The molecule has 0 saturated heterocycles. The van der Waals surface area contributed by atoms with Gasteiger partial charge < -0.3 is 4.74 Å². The summed E-state index contributed by atoms with van der Waals surface area (Å²) in [4.78, 5) is 0. The predicted octanol–water partition coefficient (Wildman–Crippen LogP) is 4.04. The van der Waals surface area contributed by atoms with Crippen molar-refractivity contribution in [2.75, 3.05) is 5.88 Å². The van der Waals surface area contributed by atoms with Crippen molar-refractivity contribution in [2.24, 2.45) is 0 Å². The van der Waals surface area contributed by atoms with E-state index in [4.69, 9.17) is 21.6 Å².